The molecule has 0 bridgehead atoms. The molecule has 0 radical (unpaired) electrons. The molecule has 8 heteroatoms. The number of hydrogen-bond acceptors (Lipinski definition) is 6. The van der Waals surface area contributed by atoms with Gasteiger partial charge >= 0.3 is 5.97 Å². The van der Waals surface area contributed by atoms with Crippen molar-refractivity contribution in [2.24, 2.45) is 11.7 Å². The van der Waals surface area contributed by atoms with Crippen LogP contribution in [0.5, 0.6) is 0 Å². The number of nitrogens with zero attached hydrogens (tertiary/aromatic N) is 4. The van der Waals surface area contributed by atoms with Gasteiger partial charge in [0, 0.05) is 32.2 Å². The lowest BCUT2D eigenvalue weighted by Crippen LogP contribution is -2.34. The molecule has 0 saturated carbocycles. The van der Waals surface area contributed by atoms with Crippen molar-refractivity contribution in [1.82, 2.24) is 9.97 Å². The molecular weight excluding hydrogens is 342 g/mol. The molecule has 7 nitrogen and oxygen atoms in total. The van der Waals surface area contributed by atoms with Crippen LogP contribution in [0.4, 0.5) is 11.8 Å². The average Bonchev–Trinajstić information content (AvgIpc) is 3.27. The maximum atomic E-state index is 10.0. The van der Waals surface area contributed by atoms with Crippen molar-refractivity contribution >= 4 is 29.3 Å². The van der Waals surface area contributed by atoms with Crippen LogP contribution >= 0.6 is 11.6 Å². The van der Waals surface area contributed by atoms with E-state index in [-0.39, 0.29) is 5.92 Å². The second-order valence-corrected chi connectivity index (χ2v) is 7.23. The molecule has 25 heavy (non-hydrogen) atoms. The summed E-state index contributed by atoms with van der Waals surface area (Å²) in [6.45, 7) is 7.84. The number of nitrogens with two attached hydrogens (primary N) is 1. The first-order valence-corrected chi connectivity index (χ1v) is 9.29. The molecular formula is C17H28ClN5O2. The van der Waals surface area contributed by atoms with Gasteiger partial charge in [-0.15, -0.1) is 0 Å². The van der Waals surface area contributed by atoms with Gasteiger partial charge in [-0.2, -0.15) is 4.98 Å². The van der Waals surface area contributed by atoms with Gasteiger partial charge in [-0.1, -0.05) is 25.4 Å². The molecule has 0 aliphatic carbocycles. The lowest BCUT2D eigenvalue weighted by Gasteiger charge is -2.20. The van der Waals surface area contributed by atoms with Gasteiger partial charge < -0.3 is 20.6 Å². The highest BCUT2D eigenvalue weighted by Crippen LogP contribution is 2.25. The van der Waals surface area contributed by atoms with Crippen LogP contribution in [0, 0.1) is 5.92 Å². The predicted octanol–water partition coefficient (Wildman–Crippen LogP) is 2.38. The first-order chi connectivity index (χ1) is 11.9. The van der Waals surface area contributed by atoms with Gasteiger partial charge in [-0.25, -0.2) is 4.98 Å². The fourth-order valence-corrected chi connectivity index (χ4v) is 3.02. The van der Waals surface area contributed by atoms with Crippen LogP contribution in [0.2, 0.25) is 5.15 Å². The monoisotopic (exact) mass is 369 g/mol. The normalized spacial score (nSPS) is 18.3. The largest absolute Gasteiger partial charge is 0.480 e. The van der Waals surface area contributed by atoms with E-state index in [1.165, 1.54) is 25.7 Å². The zero-order valence-electron chi connectivity index (χ0n) is 15.0. The van der Waals surface area contributed by atoms with E-state index in [0.29, 0.717) is 5.15 Å². The fourth-order valence-electron chi connectivity index (χ4n) is 2.85. The minimum atomic E-state index is -0.931. The van der Waals surface area contributed by atoms with Gasteiger partial charge in [0.15, 0.2) is 0 Å². The van der Waals surface area contributed by atoms with Crippen molar-refractivity contribution in [2.75, 3.05) is 36.0 Å². The highest BCUT2D eigenvalue weighted by Gasteiger charge is 2.19. The molecule has 3 N–H and O–H groups in total. The predicted molar refractivity (Wildman–Crippen MR) is 100 cm³/mol. The Morgan fingerprint density at radius 1 is 1.12 bits per heavy atom. The van der Waals surface area contributed by atoms with Gasteiger partial charge in [0.1, 0.15) is 17.0 Å². The van der Waals surface area contributed by atoms with Crippen LogP contribution in [0.3, 0.4) is 0 Å². The molecule has 1 aromatic rings. The van der Waals surface area contributed by atoms with Crippen LogP contribution in [-0.2, 0) is 4.79 Å². The van der Waals surface area contributed by atoms with Crippen molar-refractivity contribution in [3.8, 4) is 0 Å². The topological polar surface area (TPSA) is 95.6 Å². The van der Waals surface area contributed by atoms with E-state index in [2.05, 4.69) is 19.8 Å². The third kappa shape index (κ3) is 5.71. The van der Waals surface area contributed by atoms with Crippen molar-refractivity contribution in [3.05, 3.63) is 11.2 Å². The molecule has 1 aromatic heterocycles. The van der Waals surface area contributed by atoms with Crippen LogP contribution in [-0.4, -0.2) is 53.3 Å². The Bertz CT molecular complexity index is 538. The Morgan fingerprint density at radius 2 is 1.64 bits per heavy atom. The second-order valence-electron chi connectivity index (χ2n) is 6.85. The number of carbonyl (C=O) groups is 1. The highest BCUT2D eigenvalue weighted by molar-refractivity contribution is 6.29. The average molecular weight is 370 g/mol. The van der Waals surface area contributed by atoms with Crippen LogP contribution in [0.25, 0.3) is 0 Å². The Balaban J connectivity index is 0.000000242. The lowest BCUT2D eigenvalue weighted by molar-refractivity contribution is -0.139. The number of carboxylic acids is 1. The molecule has 0 aromatic carbocycles. The van der Waals surface area contributed by atoms with Crippen molar-refractivity contribution in [3.63, 3.8) is 0 Å². The SMILES string of the molecule is CC(C)[C@H](N)C(=O)O.Clc1cc(N2CCCC2)nc(N2CCCC2)n1. The molecule has 0 unspecified atom stereocenters. The molecule has 2 fully saturated rings. The Morgan fingerprint density at radius 3 is 2.08 bits per heavy atom. The van der Waals surface area contributed by atoms with Gasteiger partial charge in [0.05, 0.1) is 0 Å². The zero-order chi connectivity index (χ0) is 18.4. The summed E-state index contributed by atoms with van der Waals surface area (Å²) in [5.41, 5.74) is 5.16. The summed E-state index contributed by atoms with van der Waals surface area (Å²) in [5, 5.41) is 8.79. The number of aliphatic carboxylic acids is 1. The molecule has 2 aliphatic rings. The standard InChI is InChI=1S/C12H17ClN4.C5H11NO2/c13-10-9-11(16-5-1-2-6-16)15-12(14-10)17-7-3-4-8-17;1-3(2)4(6)5(7)8/h9H,1-8H2;3-4H,6H2,1-2H3,(H,7,8)/t;4-/m.0/s1. The molecule has 0 spiro atoms. The molecule has 3 rings (SSSR count). The third-order valence-corrected chi connectivity index (χ3v) is 4.69. The minimum Gasteiger partial charge on any atom is -0.480 e. The quantitative estimate of drug-likeness (QED) is 0.786. The van der Waals surface area contributed by atoms with Gasteiger partial charge in [0.2, 0.25) is 5.95 Å². The van der Waals surface area contributed by atoms with Gasteiger partial charge in [-0.3, -0.25) is 4.79 Å². The summed E-state index contributed by atoms with van der Waals surface area (Å²) in [7, 11) is 0. The molecule has 2 aliphatic heterocycles. The molecule has 140 valence electrons. The number of aromatic nitrogens is 2. The van der Waals surface area contributed by atoms with Crippen molar-refractivity contribution in [2.45, 2.75) is 45.6 Å². The minimum absolute atomic E-state index is 0.0208. The van der Waals surface area contributed by atoms with E-state index < -0.39 is 12.0 Å². The van der Waals surface area contributed by atoms with E-state index in [9.17, 15) is 4.79 Å². The summed E-state index contributed by atoms with van der Waals surface area (Å²) in [4.78, 5) is 23.5. The zero-order valence-corrected chi connectivity index (χ0v) is 15.7. The first kappa shape index (κ1) is 19.7. The smallest absolute Gasteiger partial charge is 0.320 e. The molecule has 3 heterocycles. The van der Waals surface area contributed by atoms with Crippen molar-refractivity contribution in [1.29, 1.82) is 0 Å². The maximum Gasteiger partial charge on any atom is 0.320 e. The van der Waals surface area contributed by atoms with Crippen LogP contribution in [0.1, 0.15) is 39.5 Å². The number of anilines is 2. The molecule has 0 amide bonds. The number of rotatable bonds is 4. The highest BCUT2D eigenvalue weighted by atomic mass is 35.5. The Hall–Kier alpha value is -1.60. The lowest BCUT2D eigenvalue weighted by atomic mass is 10.1. The fraction of sp³-hybridized carbons (Fsp3) is 0.706. The van der Waals surface area contributed by atoms with Gasteiger partial charge in [0.25, 0.3) is 0 Å². The number of hydrogen-bond donors (Lipinski definition) is 2. The van der Waals surface area contributed by atoms with Crippen molar-refractivity contribution < 1.29 is 9.90 Å². The summed E-state index contributed by atoms with van der Waals surface area (Å²) in [5.74, 6) is 0.883. The first-order valence-electron chi connectivity index (χ1n) is 8.91. The van der Waals surface area contributed by atoms with E-state index in [1.54, 1.807) is 13.8 Å². The molecule has 2 saturated heterocycles. The molecule has 1 atom stereocenters. The van der Waals surface area contributed by atoms with E-state index in [0.717, 1.165) is 37.9 Å². The number of carboxylic acid groups (broad SMARTS) is 1. The van der Waals surface area contributed by atoms with E-state index in [1.807, 2.05) is 6.07 Å². The van der Waals surface area contributed by atoms with Crippen LogP contribution in [0.15, 0.2) is 6.07 Å². The van der Waals surface area contributed by atoms with Gasteiger partial charge in [-0.05, 0) is 31.6 Å². The number of halogens is 1. The van der Waals surface area contributed by atoms with E-state index >= 15 is 0 Å². The summed E-state index contributed by atoms with van der Waals surface area (Å²) >= 11 is 6.10. The van der Waals surface area contributed by atoms with E-state index in [4.69, 9.17) is 22.4 Å². The summed E-state index contributed by atoms with van der Waals surface area (Å²) in [6, 6.07) is 1.17. The summed E-state index contributed by atoms with van der Waals surface area (Å²) in [6.07, 6.45) is 4.96. The maximum absolute atomic E-state index is 10.0. The Kier molecular flexibility index (Phi) is 7.25. The summed E-state index contributed by atoms with van der Waals surface area (Å²) < 4.78 is 0. The second kappa shape index (κ2) is 9.20. The third-order valence-electron chi connectivity index (χ3n) is 4.49. The Labute approximate surface area is 154 Å². The van der Waals surface area contributed by atoms with Crippen LogP contribution < -0.4 is 15.5 Å².